The Balaban J connectivity index is 0.00000225. The molecule has 0 aromatic heterocycles. The average Bonchev–Trinajstić information content (AvgIpc) is 2.07. The summed E-state index contributed by atoms with van der Waals surface area (Å²) >= 11 is 8.54. The minimum atomic E-state index is -5.06. The first kappa shape index (κ1) is 17.2. The van der Waals surface area contributed by atoms with Crippen LogP contribution < -0.4 is 51.4 Å². The van der Waals surface area contributed by atoms with Crippen molar-refractivity contribution in [3.8, 4) is 0 Å². The van der Waals surface area contributed by atoms with E-state index in [4.69, 9.17) is 11.6 Å². The fourth-order valence-corrected chi connectivity index (χ4v) is 1.39. The van der Waals surface area contributed by atoms with Gasteiger partial charge >= 0.3 is 58.4 Å². The molecule has 0 aliphatic heterocycles. The molecule has 0 heterocycles. The molecule has 0 aliphatic rings. The van der Waals surface area contributed by atoms with E-state index < -0.39 is 12.8 Å². The largest absolute Gasteiger partial charge is 1.00 e. The molecule has 16 heavy (non-hydrogen) atoms. The topological polar surface area (TPSA) is 0 Å². The molecule has 1 rings (SSSR count). The van der Waals surface area contributed by atoms with Crippen molar-refractivity contribution in [2.75, 3.05) is 0 Å². The summed E-state index contributed by atoms with van der Waals surface area (Å²) in [6, 6.07) is 2.14. The quantitative estimate of drug-likeness (QED) is 0.436. The number of hydrogen-bond donors (Lipinski definition) is 0. The Labute approximate surface area is 146 Å². The Morgan fingerprint density at radius 3 is 2.31 bits per heavy atom. The summed E-state index contributed by atoms with van der Waals surface area (Å²) in [5, 5.41) is 0.113. The van der Waals surface area contributed by atoms with Gasteiger partial charge in [0.1, 0.15) is 5.82 Å². The van der Waals surface area contributed by atoms with Crippen LogP contribution in [0.25, 0.3) is 6.08 Å². The van der Waals surface area contributed by atoms with Gasteiger partial charge in [0.25, 0.3) is 0 Å². The van der Waals surface area contributed by atoms with E-state index >= 15 is 0 Å². The molecule has 0 saturated carbocycles. The summed E-state index contributed by atoms with van der Waals surface area (Å²) in [6.07, 6.45) is 0.677. The number of halogens is 6. The normalized spacial score (nSPS) is 11.6. The van der Waals surface area contributed by atoms with Gasteiger partial charge in [-0.05, 0) is 28.1 Å². The van der Waals surface area contributed by atoms with Gasteiger partial charge < -0.3 is 12.9 Å². The van der Waals surface area contributed by atoms with Gasteiger partial charge in [0, 0.05) is 10.0 Å². The molecule has 0 fully saturated rings. The second-order valence-corrected chi connectivity index (χ2v) is 4.03. The van der Waals surface area contributed by atoms with Gasteiger partial charge in [0.15, 0.2) is 0 Å². The van der Waals surface area contributed by atoms with Crippen LogP contribution in [0.3, 0.4) is 0 Å². The van der Waals surface area contributed by atoms with E-state index in [0.29, 0.717) is 10.5 Å². The van der Waals surface area contributed by atoms with Gasteiger partial charge in [0.2, 0.25) is 0 Å². The minimum Gasteiger partial charge on any atom is -0.445 e. The van der Waals surface area contributed by atoms with Gasteiger partial charge in [-0.15, -0.1) is 5.98 Å². The molecule has 0 amide bonds. The van der Waals surface area contributed by atoms with E-state index in [0.717, 1.165) is 6.07 Å². The average molecular weight is 341 g/mol. The third-order valence-electron chi connectivity index (χ3n) is 1.53. The summed E-state index contributed by atoms with van der Waals surface area (Å²) in [5.74, 6) is -0.766. The Morgan fingerprint density at radius 1 is 1.25 bits per heavy atom. The second-order valence-electron chi connectivity index (χ2n) is 2.77. The van der Waals surface area contributed by atoms with Crippen LogP contribution in [0.15, 0.2) is 22.6 Å². The molecule has 82 valence electrons. The maximum absolute atomic E-state index is 13.1. The maximum atomic E-state index is 13.1. The predicted octanol–water partition coefficient (Wildman–Crippen LogP) is 1.65. The van der Waals surface area contributed by atoms with Gasteiger partial charge in [-0.3, -0.25) is 0 Å². The van der Waals surface area contributed by atoms with Crippen LogP contribution in [0, 0.1) is 5.82 Å². The third-order valence-corrected chi connectivity index (χ3v) is 2.73. The summed E-state index contributed by atoms with van der Waals surface area (Å²) in [6.45, 7) is -5.06. The van der Waals surface area contributed by atoms with E-state index in [1.165, 1.54) is 6.07 Å². The molecule has 1 aromatic carbocycles. The zero-order valence-electron chi connectivity index (χ0n) is 8.15. The molecule has 0 aliphatic carbocycles. The second kappa shape index (κ2) is 6.92. The van der Waals surface area contributed by atoms with Crippen molar-refractivity contribution >= 4 is 40.6 Å². The molecule has 0 atom stereocenters. The van der Waals surface area contributed by atoms with Crippen molar-refractivity contribution in [3.63, 3.8) is 0 Å². The van der Waals surface area contributed by atoms with Crippen LogP contribution in [0.4, 0.5) is 17.3 Å². The third kappa shape index (κ3) is 5.66. The summed E-state index contributed by atoms with van der Waals surface area (Å²) in [7, 11) is 0. The van der Waals surface area contributed by atoms with E-state index in [-0.39, 0.29) is 67.9 Å². The number of rotatable bonds is 2. The van der Waals surface area contributed by atoms with Gasteiger partial charge in [-0.1, -0.05) is 17.7 Å². The van der Waals surface area contributed by atoms with Crippen molar-refractivity contribution in [2.24, 2.45) is 0 Å². The van der Waals surface area contributed by atoms with Crippen molar-refractivity contribution in [3.05, 3.63) is 39.0 Å². The van der Waals surface area contributed by atoms with Crippen LogP contribution in [0.5, 0.6) is 0 Å². The molecule has 0 unspecified atom stereocenters. The van der Waals surface area contributed by atoms with Crippen molar-refractivity contribution < 1.29 is 68.7 Å². The first-order chi connectivity index (χ1) is 6.79. The summed E-state index contributed by atoms with van der Waals surface area (Å²) < 4.78 is 49.0. The maximum Gasteiger partial charge on any atom is 1.00 e. The molecule has 0 N–H and O–H groups in total. The van der Waals surface area contributed by atoms with Crippen LogP contribution >= 0.6 is 27.5 Å². The Kier molecular flexibility index (Phi) is 7.42. The molecule has 0 spiro atoms. The molecule has 0 nitrogen and oxygen atoms in total. The van der Waals surface area contributed by atoms with E-state index in [2.05, 4.69) is 15.9 Å². The standard InChI is InChI=1S/C8H4BBrClF4.K/c10-6-3-5(1-2-9(13,14)15)8(12)4-7(6)11;/h1-4H;/q-1;+1/b2-1+;. The molecular formula is C8H4BBrClF4K. The van der Waals surface area contributed by atoms with Crippen molar-refractivity contribution in [1.82, 2.24) is 0 Å². The van der Waals surface area contributed by atoms with E-state index in [1.807, 2.05) is 0 Å². The van der Waals surface area contributed by atoms with Gasteiger partial charge in [-0.25, -0.2) is 4.39 Å². The van der Waals surface area contributed by atoms with Crippen LogP contribution in [0.1, 0.15) is 5.56 Å². The first-order valence-electron chi connectivity index (χ1n) is 3.83. The van der Waals surface area contributed by atoms with Gasteiger partial charge in [0.05, 0.1) is 5.02 Å². The number of hydrogen-bond acceptors (Lipinski definition) is 0. The Hall–Kier alpha value is 1.15. The van der Waals surface area contributed by atoms with E-state index in [1.54, 1.807) is 0 Å². The number of benzene rings is 1. The summed E-state index contributed by atoms with van der Waals surface area (Å²) in [5.41, 5.74) is -0.162. The molecule has 1 aromatic rings. The predicted molar refractivity (Wildman–Crippen MR) is 57.2 cm³/mol. The SMILES string of the molecule is Fc1cc(Cl)c(Br)cc1/C=C/[B-](F)(F)F.[K+]. The Bertz CT molecular complexity index is 408. The zero-order chi connectivity index (χ0) is 11.6. The smallest absolute Gasteiger partial charge is 0.445 e. The first-order valence-corrected chi connectivity index (χ1v) is 5.00. The zero-order valence-corrected chi connectivity index (χ0v) is 13.6. The summed E-state index contributed by atoms with van der Waals surface area (Å²) in [4.78, 5) is 0. The molecule has 8 heteroatoms. The molecule has 0 bridgehead atoms. The van der Waals surface area contributed by atoms with Gasteiger partial charge in [-0.2, -0.15) is 0 Å². The minimum absolute atomic E-state index is 0. The van der Waals surface area contributed by atoms with Crippen molar-refractivity contribution in [2.45, 2.75) is 0 Å². The monoisotopic (exact) mass is 340 g/mol. The fraction of sp³-hybridized carbons (Fsp3) is 0. The van der Waals surface area contributed by atoms with Crippen molar-refractivity contribution in [1.29, 1.82) is 0 Å². The van der Waals surface area contributed by atoms with E-state index in [9.17, 15) is 17.3 Å². The molecule has 0 radical (unpaired) electrons. The molecular weight excluding hydrogens is 337 g/mol. The Morgan fingerprint density at radius 2 is 1.81 bits per heavy atom. The molecule has 0 saturated heterocycles. The van der Waals surface area contributed by atoms with Crippen LogP contribution in [-0.4, -0.2) is 6.98 Å². The van der Waals surface area contributed by atoms with Crippen LogP contribution in [0.2, 0.25) is 5.02 Å². The van der Waals surface area contributed by atoms with Crippen LogP contribution in [-0.2, 0) is 0 Å². The fourth-order valence-electron chi connectivity index (χ4n) is 0.878.